The third-order valence-electron chi connectivity index (χ3n) is 5.25. The number of halogens is 3. The number of benzene rings is 2. The third-order valence-corrected chi connectivity index (χ3v) is 5.81. The number of methoxy groups -OCH3 is 1. The van der Waals surface area contributed by atoms with Crippen LogP contribution in [0.2, 0.25) is 10.0 Å². The number of aliphatic hydroxyl groups excluding tert-OH is 1. The van der Waals surface area contributed by atoms with Crippen molar-refractivity contribution in [1.82, 2.24) is 9.88 Å². The molecule has 1 aliphatic rings. The van der Waals surface area contributed by atoms with Crippen LogP contribution in [-0.2, 0) is 16.1 Å². The summed E-state index contributed by atoms with van der Waals surface area (Å²) in [6, 6.07) is 12.4. The molecule has 2 aromatic carbocycles. The Bertz CT molecular complexity index is 1240. The molecule has 1 aromatic heterocycles. The Labute approximate surface area is 198 Å². The molecule has 0 saturated carbocycles. The quantitative estimate of drug-likeness (QED) is 0.306. The summed E-state index contributed by atoms with van der Waals surface area (Å²) in [5.41, 5.74) is 0.977. The second-order valence-electron chi connectivity index (χ2n) is 7.28. The SMILES string of the molecule is COc1c(Cl)cc(/C(O)=C2\C(=O)C(=O)N(Cc3ccc(F)cc3)C2c2ccccn2)cc1Cl. The lowest BCUT2D eigenvalue weighted by Crippen LogP contribution is -2.29. The number of hydrogen-bond acceptors (Lipinski definition) is 5. The lowest BCUT2D eigenvalue weighted by molar-refractivity contribution is -0.140. The number of amides is 1. The molecule has 1 fully saturated rings. The molecule has 0 bridgehead atoms. The van der Waals surface area contributed by atoms with Gasteiger partial charge in [-0.2, -0.15) is 0 Å². The van der Waals surface area contributed by atoms with Crippen molar-refractivity contribution in [2.45, 2.75) is 12.6 Å². The first kappa shape index (κ1) is 22.8. The van der Waals surface area contributed by atoms with Crippen LogP contribution < -0.4 is 4.74 Å². The molecule has 1 amide bonds. The van der Waals surface area contributed by atoms with Gasteiger partial charge in [0.05, 0.1) is 28.4 Å². The van der Waals surface area contributed by atoms with Crippen LogP contribution in [-0.4, -0.2) is 33.8 Å². The normalized spacial score (nSPS) is 17.5. The van der Waals surface area contributed by atoms with Crippen LogP contribution in [0.3, 0.4) is 0 Å². The van der Waals surface area contributed by atoms with E-state index in [1.54, 1.807) is 18.2 Å². The minimum Gasteiger partial charge on any atom is -0.507 e. The highest BCUT2D eigenvalue weighted by Gasteiger charge is 2.46. The minimum atomic E-state index is -0.976. The second kappa shape index (κ2) is 9.21. The fourth-order valence-electron chi connectivity index (χ4n) is 3.72. The molecule has 168 valence electrons. The molecule has 1 unspecified atom stereocenters. The monoisotopic (exact) mass is 486 g/mol. The van der Waals surface area contributed by atoms with E-state index in [1.165, 1.54) is 54.6 Å². The molecule has 3 aromatic rings. The first-order chi connectivity index (χ1) is 15.8. The van der Waals surface area contributed by atoms with Crippen molar-refractivity contribution < 1.29 is 23.8 Å². The Hall–Kier alpha value is -3.42. The summed E-state index contributed by atoms with van der Waals surface area (Å²) in [6.45, 7) is 0.00694. The van der Waals surface area contributed by atoms with Gasteiger partial charge in [-0.05, 0) is 42.0 Å². The summed E-state index contributed by atoms with van der Waals surface area (Å²) in [5, 5.41) is 11.4. The van der Waals surface area contributed by atoms with Gasteiger partial charge in [0.15, 0.2) is 5.75 Å². The standard InChI is InChI=1S/C24H17Cl2FN2O4/c1-33-23-16(25)10-14(11-17(23)26)21(30)19-20(18-4-2-3-9-28-18)29(24(32)22(19)31)12-13-5-7-15(27)8-6-13/h2-11,20,30H,12H2,1H3/b21-19+. The van der Waals surface area contributed by atoms with Gasteiger partial charge < -0.3 is 14.7 Å². The maximum atomic E-state index is 13.3. The Morgan fingerprint density at radius 1 is 1.12 bits per heavy atom. The van der Waals surface area contributed by atoms with E-state index in [-0.39, 0.29) is 33.5 Å². The van der Waals surface area contributed by atoms with E-state index in [2.05, 4.69) is 4.98 Å². The lowest BCUT2D eigenvalue weighted by atomic mass is 9.98. The predicted octanol–water partition coefficient (Wildman–Crippen LogP) is 5.16. The Kier molecular flexibility index (Phi) is 6.35. The van der Waals surface area contributed by atoms with Crippen LogP contribution in [0.4, 0.5) is 4.39 Å². The van der Waals surface area contributed by atoms with Crippen LogP contribution in [0.25, 0.3) is 5.76 Å². The number of ether oxygens (including phenoxy) is 1. The molecular weight excluding hydrogens is 470 g/mol. The van der Waals surface area contributed by atoms with Gasteiger partial charge in [0, 0.05) is 18.3 Å². The van der Waals surface area contributed by atoms with E-state index in [1.807, 2.05) is 0 Å². The number of likely N-dealkylation sites (tertiary alicyclic amines) is 1. The number of carbonyl (C=O) groups is 2. The van der Waals surface area contributed by atoms with Gasteiger partial charge in [-0.1, -0.05) is 41.4 Å². The highest BCUT2D eigenvalue weighted by Crippen LogP contribution is 2.42. The molecule has 0 aliphatic carbocycles. The van der Waals surface area contributed by atoms with Crippen molar-refractivity contribution in [2.24, 2.45) is 0 Å². The zero-order valence-corrected chi connectivity index (χ0v) is 18.8. The molecule has 1 N–H and O–H groups in total. The van der Waals surface area contributed by atoms with E-state index in [0.717, 1.165) is 0 Å². The Balaban J connectivity index is 1.86. The fourth-order valence-corrected chi connectivity index (χ4v) is 4.36. The minimum absolute atomic E-state index is 0.00694. The van der Waals surface area contributed by atoms with Crippen molar-refractivity contribution in [3.8, 4) is 5.75 Å². The molecule has 4 rings (SSSR count). The molecule has 1 aliphatic heterocycles. The van der Waals surface area contributed by atoms with Crippen molar-refractivity contribution in [3.63, 3.8) is 0 Å². The number of Topliss-reactive ketones (excluding diaryl/α,β-unsaturated/α-hetero) is 1. The molecular formula is C24H17Cl2FN2O4. The molecule has 0 radical (unpaired) electrons. The average Bonchev–Trinajstić information content (AvgIpc) is 3.05. The number of rotatable bonds is 5. The lowest BCUT2D eigenvalue weighted by Gasteiger charge is -2.24. The maximum Gasteiger partial charge on any atom is 0.296 e. The first-order valence-corrected chi connectivity index (χ1v) is 10.5. The Morgan fingerprint density at radius 2 is 1.79 bits per heavy atom. The summed E-state index contributed by atoms with van der Waals surface area (Å²) in [7, 11) is 1.40. The number of pyridine rings is 1. The highest BCUT2D eigenvalue weighted by molar-refractivity contribution is 6.46. The van der Waals surface area contributed by atoms with Crippen LogP contribution >= 0.6 is 23.2 Å². The summed E-state index contributed by atoms with van der Waals surface area (Å²) in [5.74, 6) is -2.35. The maximum absolute atomic E-state index is 13.3. The largest absolute Gasteiger partial charge is 0.507 e. The van der Waals surface area contributed by atoms with Crippen LogP contribution in [0.15, 0.2) is 66.4 Å². The van der Waals surface area contributed by atoms with Crippen molar-refractivity contribution in [1.29, 1.82) is 0 Å². The average molecular weight is 487 g/mol. The molecule has 6 nitrogen and oxygen atoms in total. The topological polar surface area (TPSA) is 79.7 Å². The molecule has 9 heteroatoms. The summed E-state index contributed by atoms with van der Waals surface area (Å²) < 4.78 is 18.5. The number of carbonyl (C=O) groups excluding carboxylic acids is 2. The molecule has 0 spiro atoms. The smallest absolute Gasteiger partial charge is 0.296 e. The first-order valence-electron chi connectivity index (χ1n) is 9.79. The second-order valence-corrected chi connectivity index (χ2v) is 8.10. The van der Waals surface area contributed by atoms with Gasteiger partial charge in [0.2, 0.25) is 0 Å². The van der Waals surface area contributed by atoms with Crippen LogP contribution in [0.5, 0.6) is 5.75 Å². The number of hydrogen-bond donors (Lipinski definition) is 1. The van der Waals surface area contributed by atoms with E-state index in [0.29, 0.717) is 11.3 Å². The summed E-state index contributed by atoms with van der Waals surface area (Å²) in [6.07, 6.45) is 1.52. The van der Waals surface area contributed by atoms with Gasteiger partial charge >= 0.3 is 0 Å². The number of nitrogens with zero attached hydrogens (tertiary/aromatic N) is 2. The van der Waals surface area contributed by atoms with Gasteiger partial charge in [0.1, 0.15) is 17.6 Å². The van der Waals surface area contributed by atoms with Crippen molar-refractivity contribution in [2.75, 3.05) is 7.11 Å². The van der Waals surface area contributed by atoms with Gasteiger partial charge in [-0.25, -0.2) is 4.39 Å². The van der Waals surface area contributed by atoms with Gasteiger partial charge in [0.25, 0.3) is 11.7 Å². The fraction of sp³-hybridized carbons (Fsp3) is 0.125. The predicted molar refractivity (Wildman–Crippen MR) is 121 cm³/mol. The molecule has 2 heterocycles. The highest BCUT2D eigenvalue weighted by atomic mass is 35.5. The number of ketones is 1. The molecule has 1 atom stereocenters. The van der Waals surface area contributed by atoms with E-state index < -0.39 is 29.3 Å². The van der Waals surface area contributed by atoms with Gasteiger partial charge in [-0.15, -0.1) is 0 Å². The van der Waals surface area contributed by atoms with Crippen molar-refractivity contribution >= 4 is 40.7 Å². The molecule has 1 saturated heterocycles. The van der Waals surface area contributed by atoms with E-state index in [9.17, 15) is 19.1 Å². The van der Waals surface area contributed by atoms with E-state index in [4.69, 9.17) is 27.9 Å². The van der Waals surface area contributed by atoms with Crippen molar-refractivity contribution in [3.05, 3.63) is 99.1 Å². The number of aromatic nitrogens is 1. The van der Waals surface area contributed by atoms with Crippen LogP contribution in [0.1, 0.15) is 22.9 Å². The summed E-state index contributed by atoms with van der Waals surface area (Å²) >= 11 is 12.4. The number of aliphatic hydroxyl groups is 1. The molecule has 33 heavy (non-hydrogen) atoms. The zero-order valence-electron chi connectivity index (χ0n) is 17.3. The summed E-state index contributed by atoms with van der Waals surface area (Å²) in [4.78, 5) is 31.7. The third kappa shape index (κ3) is 4.29. The van der Waals surface area contributed by atoms with Gasteiger partial charge in [-0.3, -0.25) is 14.6 Å². The zero-order chi connectivity index (χ0) is 23.7. The Morgan fingerprint density at radius 3 is 2.36 bits per heavy atom. The van der Waals surface area contributed by atoms with Crippen LogP contribution in [0, 0.1) is 5.82 Å². The van der Waals surface area contributed by atoms with E-state index >= 15 is 0 Å².